The molecule has 0 unspecified atom stereocenters. The van der Waals surface area contributed by atoms with E-state index in [-0.39, 0.29) is 5.78 Å². The van der Waals surface area contributed by atoms with Gasteiger partial charge in [0.05, 0.1) is 11.5 Å². The molecule has 5 heteroatoms. The van der Waals surface area contributed by atoms with Gasteiger partial charge in [0, 0.05) is 13.3 Å². The molecule has 1 fully saturated rings. The number of ketones is 2. The summed E-state index contributed by atoms with van der Waals surface area (Å²) in [6.07, 6.45) is 0.838. The van der Waals surface area contributed by atoms with Crippen LogP contribution in [0.15, 0.2) is 91.0 Å². The highest BCUT2D eigenvalue weighted by Gasteiger charge is 2.49. The van der Waals surface area contributed by atoms with Gasteiger partial charge < -0.3 is 9.47 Å². The number of hydrogen-bond acceptors (Lipinski definition) is 5. The second-order valence-corrected chi connectivity index (χ2v) is 10.2. The molecule has 0 amide bonds. The van der Waals surface area contributed by atoms with Gasteiger partial charge in [0.1, 0.15) is 17.5 Å². The van der Waals surface area contributed by atoms with Gasteiger partial charge in [-0.1, -0.05) is 97.4 Å². The predicted molar refractivity (Wildman–Crippen MR) is 142 cm³/mol. The molecule has 37 heavy (non-hydrogen) atoms. The van der Waals surface area contributed by atoms with Crippen molar-refractivity contribution in [2.75, 3.05) is 0 Å². The maximum Gasteiger partial charge on any atom is 0.374 e. The second kappa shape index (κ2) is 11.2. The first-order valence-electron chi connectivity index (χ1n) is 12.9. The summed E-state index contributed by atoms with van der Waals surface area (Å²) in [5, 5.41) is 0. The molecule has 3 aromatic carbocycles. The zero-order valence-electron chi connectivity index (χ0n) is 21.7. The fraction of sp³-hybridized carbons (Fsp3) is 0.344. The van der Waals surface area contributed by atoms with Gasteiger partial charge in [0.15, 0.2) is 0 Å². The van der Waals surface area contributed by atoms with Crippen LogP contribution in [-0.2, 0) is 29.5 Å². The molecule has 0 aromatic heterocycles. The summed E-state index contributed by atoms with van der Waals surface area (Å²) in [4.78, 5) is 37.7. The van der Waals surface area contributed by atoms with Crippen LogP contribution in [0.5, 0.6) is 0 Å². The Kier molecular flexibility index (Phi) is 8.03. The summed E-state index contributed by atoms with van der Waals surface area (Å²) in [5.74, 6) is -1.67. The Morgan fingerprint density at radius 3 is 1.68 bits per heavy atom. The molecule has 0 bridgehead atoms. The highest BCUT2D eigenvalue weighted by Crippen LogP contribution is 2.45. The summed E-state index contributed by atoms with van der Waals surface area (Å²) in [6.45, 7) is 4.74. The maximum absolute atomic E-state index is 13.2. The minimum Gasteiger partial charge on any atom is -0.453 e. The molecule has 2 atom stereocenters. The van der Waals surface area contributed by atoms with E-state index in [1.165, 1.54) is 6.92 Å². The van der Waals surface area contributed by atoms with E-state index in [9.17, 15) is 14.4 Å². The molecule has 1 aliphatic carbocycles. The summed E-state index contributed by atoms with van der Waals surface area (Å²) in [6, 6.07) is 29.8. The molecular formula is C32H34O5. The molecule has 192 valence electrons. The average Bonchev–Trinajstić information content (AvgIpc) is 2.92. The molecule has 0 heterocycles. The number of carbonyl (C=O) groups excluding carboxylic acids is 3. The molecule has 5 nitrogen and oxygen atoms in total. The quantitative estimate of drug-likeness (QED) is 0.226. The van der Waals surface area contributed by atoms with E-state index in [0.717, 1.165) is 29.5 Å². The Morgan fingerprint density at radius 2 is 1.24 bits per heavy atom. The monoisotopic (exact) mass is 498 g/mol. The summed E-state index contributed by atoms with van der Waals surface area (Å²) >= 11 is 0. The Hall–Kier alpha value is -3.57. The van der Waals surface area contributed by atoms with Crippen molar-refractivity contribution in [3.8, 4) is 0 Å². The average molecular weight is 499 g/mol. The standard InChI is InChI=1S/C32H34O5/c1-23(33)30(35)36-29-27(21-13-14-22-28(34)31(29,2)3)37-32(24-15-7-4-8-16-24,25-17-9-5-10-18-25)26-19-11-6-12-20-26/h4-12,15-20,27,29H,13-14,21-22H2,1-3H3/t27-,29-/m1/s1. The van der Waals surface area contributed by atoms with Crippen molar-refractivity contribution in [2.24, 2.45) is 5.41 Å². The first kappa shape index (κ1) is 26.5. The van der Waals surface area contributed by atoms with Crippen molar-refractivity contribution in [1.82, 2.24) is 0 Å². The SMILES string of the molecule is CC(=O)C(=O)O[C@@H]1[C@H](OC(c2ccccc2)(c2ccccc2)c2ccccc2)CCCCC(=O)C1(C)C. The van der Waals surface area contributed by atoms with Crippen LogP contribution in [0.1, 0.15) is 63.1 Å². The number of benzene rings is 3. The molecule has 0 radical (unpaired) electrons. The zero-order valence-corrected chi connectivity index (χ0v) is 21.7. The van der Waals surface area contributed by atoms with E-state index >= 15 is 0 Å². The van der Waals surface area contributed by atoms with Crippen LogP contribution in [0.25, 0.3) is 0 Å². The molecule has 3 aromatic rings. The fourth-order valence-electron chi connectivity index (χ4n) is 5.22. The third-order valence-electron chi connectivity index (χ3n) is 7.30. The summed E-state index contributed by atoms with van der Waals surface area (Å²) in [5.41, 5.74) is 0.653. The van der Waals surface area contributed by atoms with Gasteiger partial charge in [-0.05, 0) is 43.4 Å². The molecule has 1 aliphatic rings. The Morgan fingerprint density at radius 1 is 0.784 bits per heavy atom. The van der Waals surface area contributed by atoms with Crippen LogP contribution >= 0.6 is 0 Å². The molecule has 1 saturated carbocycles. The van der Waals surface area contributed by atoms with Gasteiger partial charge in [-0.25, -0.2) is 4.79 Å². The third-order valence-corrected chi connectivity index (χ3v) is 7.30. The fourth-order valence-corrected chi connectivity index (χ4v) is 5.22. The lowest BCUT2D eigenvalue weighted by Crippen LogP contribution is -2.52. The number of Topliss-reactive ketones (excluding diaryl/α,β-unsaturated/α-hetero) is 2. The van der Waals surface area contributed by atoms with Crippen molar-refractivity contribution in [2.45, 2.75) is 64.3 Å². The Bertz CT molecular complexity index is 1120. The van der Waals surface area contributed by atoms with Crippen LogP contribution in [-0.4, -0.2) is 29.7 Å². The highest BCUT2D eigenvalue weighted by atomic mass is 16.6. The number of rotatable bonds is 7. The van der Waals surface area contributed by atoms with Crippen LogP contribution in [0, 0.1) is 5.41 Å². The smallest absolute Gasteiger partial charge is 0.374 e. The van der Waals surface area contributed by atoms with Crippen molar-refractivity contribution in [3.63, 3.8) is 0 Å². The minimum atomic E-state index is -1.05. The highest BCUT2D eigenvalue weighted by molar-refractivity contribution is 6.32. The van der Waals surface area contributed by atoms with Gasteiger partial charge >= 0.3 is 5.97 Å². The largest absolute Gasteiger partial charge is 0.453 e. The van der Waals surface area contributed by atoms with Crippen LogP contribution in [0.4, 0.5) is 0 Å². The normalized spacial score (nSPS) is 19.9. The van der Waals surface area contributed by atoms with E-state index in [2.05, 4.69) is 0 Å². The summed E-state index contributed by atoms with van der Waals surface area (Å²) in [7, 11) is 0. The Balaban J connectivity index is 1.93. The number of carbonyl (C=O) groups is 3. The lowest BCUT2D eigenvalue weighted by molar-refractivity contribution is -0.186. The van der Waals surface area contributed by atoms with Gasteiger partial charge in [-0.2, -0.15) is 0 Å². The Labute approximate surface area is 218 Å². The topological polar surface area (TPSA) is 69.7 Å². The third kappa shape index (κ3) is 5.42. The maximum atomic E-state index is 13.2. The predicted octanol–water partition coefficient (Wildman–Crippen LogP) is 6.03. The van der Waals surface area contributed by atoms with Crippen molar-refractivity contribution in [1.29, 1.82) is 0 Å². The molecule has 0 N–H and O–H groups in total. The van der Waals surface area contributed by atoms with Gasteiger partial charge in [0.25, 0.3) is 0 Å². The van der Waals surface area contributed by atoms with Gasteiger partial charge in [-0.3, -0.25) is 9.59 Å². The first-order chi connectivity index (χ1) is 17.8. The van der Waals surface area contributed by atoms with E-state index in [4.69, 9.17) is 9.47 Å². The zero-order chi connectivity index (χ0) is 26.5. The van der Waals surface area contributed by atoms with E-state index in [1.54, 1.807) is 13.8 Å². The van der Waals surface area contributed by atoms with E-state index in [0.29, 0.717) is 12.8 Å². The number of ether oxygens (including phenoxy) is 2. The molecular weight excluding hydrogens is 464 g/mol. The lowest BCUT2D eigenvalue weighted by Gasteiger charge is -2.45. The molecule has 0 spiro atoms. The second-order valence-electron chi connectivity index (χ2n) is 10.2. The van der Waals surface area contributed by atoms with Gasteiger partial charge in [0.2, 0.25) is 5.78 Å². The lowest BCUT2D eigenvalue weighted by atomic mass is 9.74. The van der Waals surface area contributed by atoms with Crippen molar-refractivity contribution in [3.05, 3.63) is 108 Å². The molecule has 0 saturated heterocycles. The van der Waals surface area contributed by atoms with Crippen molar-refractivity contribution < 1.29 is 23.9 Å². The number of esters is 1. The number of hydrogen-bond donors (Lipinski definition) is 0. The first-order valence-corrected chi connectivity index (χ1v) is 12.9. The van der Waals surface area contributed by atoms with E-state index in [1.807, 2.05) is 91.0 Å². The van der Waals surface area contributed by atoms with Gasteiger partial charge in [-0.15, -0.1) is 0 Å². The van der Waals surface area contributed by atoms with Crippen LogP contribution in [0.3, 0.4) is 0 Å². The summed E-state index contributed by atoms with van der Waals surface area (Å²) < 4.78 is 13.0. The molecule has 4 rings (SSSR count). The van der Waals surface area contributed by atoms with Crippen molar-refractivity contribution >= 4 is 17.5 Å². The molecule has 0 aliphatic heterocycles. The minimum absolute atomic E-state index is 0.00751. The van der Waals surface area contributed by atoms with Crippen LogP contribution < -0.4 is 0 Å². The van der Waals surface area contributed by atoms with Crippen LogP contribution in [0.2, 0.25) is 0 Å². The van der Waals surface area contributed by atoms with E-state index < -0.39 is 35.0 Å².